The van der Waals surface area contributed by atoms with Crippen molar-refractivity contribution in [2.75, 3.05) is 79.3 Å². The van der Waals surface area contributed by atoms with Crippen molar-refractivity contribution < 1.29 is 173 Å². The smallest absolute Gasteiger partial charge is 0.397 e. The average Bonchev–Trinajstić information content (AvgIpc) is 3.42. The van der Waals surface area contributed by atoms with Gasteiger partial charge < -0.3 is 129 Å². The number of carbonyl (C=O) groups is 2. The molecule has 5 saturated heterocycles. The molecule has 488 valence electrons. The van der Waals surface area contributed by atoms with Gasteiger partial charge in [-0.25, -0.2) is 18.0 Å². The molecular formula is C46H76O36S2. The van der Waals surface area contributed by atoms with Gasteiger partial charge in [0.25, 0.3) is 0 Å². The molecule has 0 aromatic rings. The van der Waals surface area contributed by atoms with Crippen molar-refractivity contribution in [3.8, 4) is 0 Å². The molecule has 0 aromatic carbocycles. The minimum atomic E-state index is -5.19. The molecule has 0 aromatic heterocycles. The van der Waals surface area contributed by atoms with E-state index in [1.807, 2.05) is 0 Å². The molecule has 6 aliphatic rings. The summed E-state index contributed by atoms with van der Waals surface area (Å²) in [6.45, 7) is -4.67. The van der Waals surface area contributed by atoms with Gasteiger partial charge in [-0.05, 0) is 19.9 Å². The Morgan fingerprint density at radius 2 is 0.845 bits per heavy atom. The van der Waals surface area contributed by atoms with Crippen LogP contribution in [0.4, 0.5) is 0 Å². The Labute approximate surface area is 479 Å². The van der Waals surface area contributed by atoms with Crippen molar-refractivity contribution in [2.24, 2.45) is 29.6 Å². The zero-order valence-corrected chi connectivity index (χ0v) is 46.5. The van der Waals surface area contributed by atoms with Gasteiger partial charge in [0, 0.05) is 29.6 Å². The topological polar surface area (TPSA) is 566 Å². The first kappa shape index (κ1) is 70.4. The third-order valence-electron chi connectivity index (χ3n) is 15.5. The highest BCUT2D eigenvalue weighted by atomic mass is 32.3. The lowest BCUT2D eigenvalue weighted by molar-refractivity contribution is -0.275. The number of aliphatic hydroxyl groups is 13. The van der Waals surface area contributed by atoms with Crippen molar-refractivity contribution in [1.82, 2.24) is 0 Å². The van der Waals surface area contributed by atoms with E-state index in [0.29, 0.717) is 0 Å². The molecule has 0 aliphatic carbocycles. The van der Waals surface area contributed by atoms with Gasteiger partial charge in [-0.1, -0.05) is 0 Å². The summed E-state index contributed by atoms with van der Waals surface area (Å²) in [6.07, 6.45) is -36.6. The van der Waals surface area contributed by atoms with Crippen LogP contribution in [0.15, 0.2) is 11.8 Å². The van der Waals surface area contributed by atoms with E-state index in [-0.39, 0.29) is 0 Å². The molecule has 84 heavy (non-hydrogen) atoms. The third-order valence-corrected chi connectivity index (χ3v) is 16.5. The van der Waals surface area contributed by atoms with E-state index in [1.165, 1.54) is 13.8 Å². The first-order valence-corrected chi connectivity index (χ1v) is 29.1. The van der Waals surface area contributed by atoms with Crippen LogP contribution in [-0.4, -0.2) is 334 Å². The lowest BCUT2D eigenvalue weighted by Gasteiger charge is -2.45. The lowest BCUT2D eigenvalue weighted by Crippen LogP contribution is -2.60. The maximum absolute atomic E-state index is 12.7. The maximum Gasteiger partial charge on any atom is 0.397 e. The Bertz CT molecular complexity index is 2350. The fourth-order valence-corrected chi connectivity index (χ4v) is 11.9. The summed E-state index contributed by atoms with van der Waals surface area (Å²) >= 11 is 0. The molecule has 0 amide bonds. The Balaban J connectivity index is 1.10. The van der Waals surface area contributed by atoms with E-state index >= 15 is 0 Å². The molecule has 0 spiro atoms. The predicted octanol–water partition coefficient (Wildman–Crippen LogP) is -9.60. The highest BCUT2D eigenvalue weighted by Crippen LogP contribution is 2.37. The van der Waals surface area contributed by atoms with E-state index in [1.54, 1.807) is 0 Å². The second-order valence-corrected chi connectivity index (χ2v) is 23.3. The maximum atomic E-state index is 12.7. The summed E-state index contributed by atoms with van der Waals surface area (Å²) in [5, 5.41) is 159. The molecule has 6 heterocycles. The summed E-state index contributed by atoms with van der Waals surface area (Å²) in [5.41, 5.74) is 0. The molecule has 16 unspecified atom stereocenters. The number of carboxylic acids is 2. The second-order valence-electron chi connectivity index (χ2n) is 21.2. The minimum Gasteiger partial charge on any atom is -0.479 e. The van der Waals surface area contributed by atoms with Gasteiger partial charge in [0.15, 0.2) is 18.5 Å². The number of aliphatic hydroxyl groups excluding tert-OH is 13. The van der Waals surface area contributed by atoms with Crippen LogP contribution in [-0.2, 0) is 90.9 Å². The first-order chi connectivity index (χ1) is 39.4. The zero-order valence-electron chi connectivity index (χ0n) is 44.9. The third kappa shape index (κ3) is 17.8. The van der Waals surface area contributed by atoms with Crippen LogP contribution in [0.3, 0.4) is 0 Å². The highest BCUT2D eigenvalue weighted by Gasteiger charge is 2.52. The van der Waals surface area contributed by atoms with Crippen molar-refractivity contribution >= 4 is 32.7 Å². The van der Waals surface area contributed by atoms with Gasteiger partial charge in [-0.3, -0.25) is 9.11 Å². The van der Waals surface area contributed by atoms with Crippen LogP contribution < -0.4 is 0 Å². The first-order valence-electron chi connectivity index (χ1n) is 26.4. The lowest BCUT2D eigenvalue weighted by atomic mass is 9.79. The van der Waals surface area contributed by atoms with Crippen LogP contribution in [0.2, 0.25) is 0 Å². The number of rotatable bonds is 28. The largest absolute Gasteiger partial charge is 0.479 e. The summed E-state index contributed by atoms with van der Waals surface area (Å²) in [5.74, 6) is -10.1. The molecule has 28 atom stereocenters. The van der Waals surface area contributed by atoms with Gasteiger partial charge in [0.2, 0.25) is 5.76 Å². The molecule has 0 radical (unpaired) electrons. The number of hydrogen-bond acceptors (Lipinski definition) is 32. The van der Waals surface area contributed by atoms with E-state index < -0.39 is 288 Å². The predicted molar refractivity (Wildman–Crippen MR) is 264 cm³/mol. The molecule has 36 nitrogen and oxygen atoms in total. The van der Waals surface area contributed by atoms with Gasteiger partial charge >= 0.3 is 32.7 Å². The van der Waals surface area contributed by atoms with Crippen molar-refractivity contribution in [1.29, 1.82) is 0 Å². The molecule has 5 fully saturated rings. The Morgan fingerprint density at radius 3 is 1.30 bits per heavy atom. The molecule has 6 rings (SSSR count). The fraction of sp³-hybridized carbons (Fsp3) is 0.913. The van der Waals surface area contributed by atoms with Gasteiger partial charge in [0.1, 0.15) is 85.5 Å². The van der Waals surface area contributed by atoms with Gasteiger partial charge in [0.05, 0.1) is 116 Å². The monoisotopic (exact) mass is 1270 g/mol. The zero-order chi connectivity index (χ0) is 62.3. The fourth-order valence-electron chi connectivity index (χ4n) is 10.9. The van der Waals surface area contributed by atoms with Crippen LogP contribution in [0.25, 0.3) is 0 Å². The van der Waals surface area contributed by atoms with Crippen LogP contribution in [0.1, 0.15) is 13.8 Å². The van der Waals surface area contributed by atoms with E-state index in [0.717, 1.165) is 6.08 Å². The van der Waals surface area contributed by atoms with Gasteiger partial charge in [-0.2, -0.15) is 16.8 Å². The van der Waals surface area contributed by atoms with Crippen LogP contribution >= 0.6 is 0 Å². The number of hydrogen-bond donors (Lipinski definition) is 17. The Kier molecular flexibility index (Phi) is 25.7. The van der Waals surface area contributed by atoms with Crippen LogP contribution in [0.5, 0.6) is 0 Å². The normalized spacial score (nSPS) is 43.3. The van der Waals surface area contributed by atoms with E-state index in [9.17, 15) is 108 Å². The molecule has 17 N–H and O–H groups in total. The van der Waals surface area contributed by atoms with Crippen molar-refractivity contribution in [3.63, 3.8) is 0 Å². The summed E-state index contributed by atoms with van der Waals surface area (Å²) in [4.78, 5) is 24.4. The highest BCUT2D eigenvalue weighted by molar-refractivity contribution is 7.81. The molecule has 38 heteroatoms. The second kappa shape index (κ2) is 30.7. The average molecular weight is 1270 g/mol. The summed E-state index contributed by atoms with van der Waals surface area (Å²) in [6, 6.07) is 0. The Hall–Kier alpha value is -2.70. The molecule has 6 aliphatic heterocycles. The van der Waals surface area contributed by atoms with Crippen LogP contribution in [0, 0.1) is 29.6 Å². The standard InChI is InChI=1S/C46H76O36S2/c1-16-32(50)42(81-83(64,65)66)39(57)30(75-16)14-71-7-19-18(6-70-12-28-37(55)23(49)3-24(77-28)44(59)60)27(78-25(4-47)34(19)52)11-74-10-22-36(54)38(56)29(79-41(22)45(61)62)13-73-9-21-20(35(53)26(5-48)80-46(21)63)8-72-15-31-40(58)43(82-84(67,68)69)33(51)17(2)76-31/h3,16-23,25-43,46-58,63H,4-15H2,1-2H3,(H,59,60)(H,61,62)(H,64,65,66)(H,67,68,69)/t16?,17?,18-,19?,20?,21-,22+,23?,25?,26?,27?,28+,29+,30+,31+,32-,33-,34+,35+,36?,37?,38?,39?,40?,41?,42?,43?,46-/m1/s1. The quantitative estimate of drug-likeness (QED) is 0.0324. The van der Waals surface area contributed by atoms with Gasteiger partial charge in [-0.15, -0.1) is 0 Å². The number of ether oxygens (including phenoxy) is 11. The molecular weight excluding hydrogens is 1190 g/mol. The summed E-state index contributed by atoms with van der Waals surface area (Å²) in [7, 11) is -10.3. The number of carboxylic acid groups (broad SMARTS) is 2. The SMILES string of the molecule is CC1O[C@@H](COCC2[C@H](O)C(CO)OC(COC[C@@H]3C(C(=O)O)O[C@@H](COC[C@@H]4C(COC[C@@H]5OC(C)[C@@H](O)C(OS(=O)(=O)O)C5O)[C@H](O)C(CO)O[C@H]4O)C(O)C3O)[C@@H]2COC[C@@H]2OC(C(=O)O)=CC(O)C2O)C(O)C(OS(=O)(=O)O)[C@@H]1O. The van der Waals surface area contributed by atoms with Crippen molar-refractivity contribution in [3.05, 3.63) is 11.8 Å². The molecule has 0 bridgehead atoms. The number of aliphatic carboxylic acids is 2. The van der Waals surface area contributed by atoms with Crippen molar-refractivity contribution in [2.45, 2.75) is 154 Å². The molecule has 0 saturated carbocycles. The van der Waals surface area contributed by atoms with E-state index in [4.69, 9.17) is 56.7 Å². The summed E-state index contributed by atoms with van der Waals surface area (Å²) < 4.78 is 136. The minimum absolute atomic E-state index is 0.482. The Morgan fingerprint density at radius 1 is 0.440 bits per heavy atom. The van der Waals surface area contributed by atoms with E-state index in [2.05, 4.69) is 8.37 Å².